The molecule has 0 spiro atoms. The third-order valence-corrected chi connectivity index (χ3v) is 3.49. The molecule has 1 aliphatic rings. The summed E-state index contributed by atoms with van der Waals surface area (Å²) in [4.78, 5) is 11.0. The summed E-state index contributed by atoms with van der Waals surface area (Å²) in [7, 11) is 1.64. The number of methoxy groups -OCH3 is 1. The first kappa shape index (κ1) is 14.1. The van der Waals surface area contributed by atoms with Crippen LogP contribution in [-0.4, -0.2) is 43.3 Å². The number of anilines is 1. The monoisotopic (exact) mass is 264 g/mol. The number of hydrogen-bond donors (Lipinski definition) is 1. The van der Waals surface area contributed by atoms with Crippen LogP contribution in [0, 0.1) is 5.92 Å². The first-order chi connectivity index (χ1) is 9.33. The van der Waals surface area contributed by atoms with Gasteiger partial charge in [-0.15, -0.1) is 0 Å². The van der Waals surface area contributed by atoms with Crippen LogP contribution >= 0.6 is 0 Å². The van der Waals surface area contributed by atoms with Crippen molar-refractivity contribution in [1.82, 2.24) is 15.3 Å². The normalized spacial score (nSPS) is 19.5. The number of rotatable bonds is 6. The van der Waals surface area contributed by atoms with Crippen molar-refractivity contribution in [2.45, 2.75) is 26.2 Å². The second kappa shape index (κ2) is 7.28. The molecule has 0 aromatic carbocycles. The number of nitrogens with one attached hydrogen (secondary N) is 1. The molecule has 0 amide bonds. The molecule has 19 heavy (non-hydrogen) atoms. The largest absolute Gasteiger partial charge is 0.481 e. The molecule has 0 aliphatic carbocycles. The van der Waals surface area contributed by atoms with Crippen LogP contribution in [0.1, 0.15) is 26.2 Å². The maximum atomic E-state index is 5.16. The van der Waals surface area contributed by atoms with E-state index in [0.29, 0.717) is 11.8 Å². The Morgan fingerprint density at radius 1 is 1.53 bits per heavy atom. The minimum atomic E-state index is 0.635. The molecule has 0 bridgehead atoms. The fraction of sp³-hybridized carbons (Fsp3) is 0.714. The predicted molar refractivity (Wildman–Crippen MR) is 76.7 cm³/mol. The molecule has 1 unspecified atom stereocenters. The van der Waals surface area contributed by atoms with E-state index in [1.165, 1.54) is 19.3 Å². The van der Waals surface area contributed by atoms with E-state index in [1.807, 2.05) is 0 Å². The van der Waals surface area contributed by atoms with Gasteiger partial charge < -0.3 is 15.0 Å². The molecular formula is C14H24N4O. The summed E-state index contributed by atoms with van der Waals surface area (Å²) in [6.07, 6.45) is 5.45. The van der Waals surface area contributed by atoms with Gasteiger partial charge in [-0.2, -0.15) is 4.98 Å². The van der Waals surface area contributed by atoms with Gasteiger partial charge in [0.05, 0.1) is 7.11 Å². The van der Waals surface area contributed by atoms with Crippen molar-refractivity contribution in [2.24, 2.45) is 5.92 Å². The first-order valence-electron chi connectivity index (χ1n) is 7.16. The highest BCUT2D eigenvalue weighted by atomic mass is 16.5. The molecule has 1 saturated heterocycles. The predicted octanol–water partition coefficient (Wildman–Crippen LogP) is 1.70. The van der Waals surface area contributed by atoms with Gasteiger partial charge in [0.1, 0.15) is 0 Å². The van der Waals surface area contributed by atoms with Gasteiger partial charge in [0, 0.05) is 25.4 Å². The lowest BCUT2D eigenvalue weighted by molar-refractivity contribution is 0.381. The summed E-state index contributed by atoms with van der Waals surface area (Å²) in [6, 6.07) is 1.79. The Bertz CT molecular complexity index is 385. The van der Waals surface area contributed by atoms with E-state index in [9.17, 15) is 0 Å². The fourth-order valence-corrected chi connectivity index (χ4v) is 2.49. The molecule has 5 heteroatoms. The van der Waals surface area contributed by atoms with Gasteiger partial charge in [0.2, 0.25) is 11.8 Å². The standard InChI is InChI=1S/C14H24N4O/c1-3-7-15-10-12-5-4-9-18(11-12)14-16-8-6-13(17-14)19-2/h6,8,12,15H,3-5,7,9-11H2,1-2H3. The minimum absolute atomic E-state index is 0.635. The molecule has 1 fully saturated rings. The van der Waals surface area contributed by atoms with Gasteiger partial charge in [-0.3, -0.25) is 0 Å². The summed E-state index contributed by atoms with van der Waals surface area (Å²) in [5, 5.41) is 3.51. The smallest absolute Gasteiger partial charge is 0.228 e. The fourth-order valence-electron chi connectivity index (χ4n) is 2.49. The Morgan fingerprint density at radius 3 is 3.21 bits per heavy atom. The van der Waals surface area contributed by atoms with Gasteiger partial charge in [0.25, 0.3) is 0 Å². The molecule has 0 saturated carbocycles. The molecule has 1 aromatic rings. The molecule has 1 aromatic heterocycles. The van der Waals surface area contributed by atoms with E-state index >= 15 is 0 Å². The van der Waals surface area contributed by atoms with Gasteiger partial charge in [-0.05, 0) is 38.3 Å². The topological polar surface area (TPSA) is 50.3 Å². The summed E-state index contributed by atoms with van der Waals surface area (Å²) in [5.74, 6) is 2.12. The van der Waals surface area contributed by atoms with E-state index in [2.05, 4.69) is 27.1 Å². The van der Waals surface area contributed by atoms with Gasteiger partial charge >= 0.3 is 0 Å². The Hall–Kier alpha value is -1.36. The van der Waals surface area contributed by atoms with Crippen molar-refractivity contribution in [3.8, 4) is 5.88 Å². The zero-order valence-electron chi connectivity index (χ0n) is 11.9. The number of nitrogens with zero attached hydrogens (tertiary/aromatic N) is 3. The van der Waals surface area contributed by atoms with E-state index in [1.54, 1.807) is 19.4 Å². The summed E-state index contributed by atoms with van der Waals surface area (Å²) < 4.78 is 5.16. The van der Waals surface area contributed by atoms with Crippen molar-refractivity contribution in [2.75, 3.05) is 38.2 Å². The Morgan fingerprint density at radius 2 is 2.42 bits per heavy atom. The number of hydrogen-bond acceptors (Lipinski definition) is 5. The van der Waals surface area contributed by atoms with Crippen LogP contribution in [0.5, 0.6) is 5.88 Å². The van der Waals surface area contributed by atoms with Gasteiger partial charge in [0.15, 0.2) is 0 Å². The van der Waals surface area contributed by atoms with Crippen molar-refractivity contribution in [3.63, 3.8) is 0 Å². The highest BCUT2D eigenvalue weighted by Crippen LogP contribution is 2.21. The molecule has 1 N–H and O–H groups in total. The molecule has 1 aliphatic heterocycles. The third kappa shape index (κ3) is 4.06. The first-order valence-corrected chi connectivity index (χ1v) is 7.16. The Labute approximate surface area is 115 Å². The Balaban J connectivity index is 1.92. The number of aromatic nitrogens is 2. The van der Waals surface area contributed by atoms with Crippen molar-refractivity contribution in [1.29, 1.82) is 0 Å². The average molecular weight is 264 g/mol. The highest BCUT2D eigenvalue weighted by Gasteiger charge is 2.21. The van der Waals surface area contributed by atoms with Crippen LogP contribution in [-0.2, 0) is 0 Å². The van der Waals surface area contributed by atoms with Crippen LogP contribution in [0.4, 0.5) is 5.95 Å². The molecule has 1 atom stereocenters. The van der Waals surface area contributed by atoms with Crippen LogP contribution in [0.25, 0.3) is 0 Å². The van der Waals surface area contributed by atoms with Crippen LogP contribution in [0.2, 0.25) is 0 Å². The summed E-state index contributed by atoms with van der Waals surface area (Å²) in [6.45, 7) is 6.46. The molecule has 2 rings (SSSR count). The van der Waals surface area contributed by atoms with Gasteiger partial charge in [-0.1, -0.05) is 6.92 Å². The van der Waals surface area contributed by atoms with E-state index in [0.717, 1.165) is 32.1 Å². The van der Waals surface area contributed by atoms with Gasteiger partial charge in [-0.25, -0.2) is 4.98 Å². The lowest BCUT2D eigenvalue weighted by Gasteiger charge is -2.32. The molecule has 2 heterocycles. The highest BCUT2D eigenvalue weighted by molar-refractivity contribution is 5.32. The Kier molecular flexibility index (Phi) is 5.39. The number of ether oxygens (including phenoxy) is 1. The van der Waals surface area contributed by atoms with Crippen LogP contribution < -0.4 is 15.0 Å². The second-order valence-electron chi connectivity index (χ2n) is 5.06. The lowest BCUT2D eigenvalue weighted by atomic mass is 9.98. The molecule has 106 valence electrons. The molecule has 5 nitrogen and oxygen atoms in total. The average Bonchev–Trinajstić information content (AvgIpc) is 2.48. The molecule has 0 radical (unpaired) electrons. The zero-order valence-corrected chi connectivity index (χ0v) is 11.9. The van der Waals surface area contributed by atoms with E-state index in [4.69, 9.17) is 4.74 Å². The van der Waals surface area contributed by atoms with Crippen LogP contribution in [0.15, 0.2) is 12.3 Å². The maximum absolute atomic E-state index is 5.16. The van der Waals surface area contributed by atoms with Crippen molar-refractivity contribution >= 4 is 5.95 Å². The zero-order chi connectivity index (χ0) is 13.5. The number of piperidine rings is 1. The second-order valence-corrected chi connectivity index (χ2v) is 5.06. The SMILES string of the molecule is CCCNCC1CCCN(c2nccc(OC)n2)C1. The summed E-state index contributed by atoms with van der Waals surface area (Å²) in [5.41, 5.74) is 0. The third-order valence-electron chi connectivity index (χ3n) is 3.49. The van der Waals surface area contributed by atoms with Crippen molar-refractivity contribution < 1.29 is 4.74 Å². The van der Waals surface area contributed by atoms with Crippen LogP contribution in [0.3, 0.4) is 0 Å². The lowest BCUT2D eigenvalue weighted by Crippen LogP contribution is -2.40. The molecular weight excluding hydrogens is 240 g/mol. The minimum Gasteiger partial charge on any atom is -0.481 e. The quantitative estimate of drug-likeness (QED) is 0.793. The van der Waals surface area contributed by atoms with Crippen molar-refractivity contribution in [3.05, 3.63) is 12.3 Å². The summed E-state index contributed by atoms with van der Waals surface area (Å²) >= 11 is 0. The maximum Gasteiger partial charge on any atom is 0.228 e. The van der Waals surface area contributed by atoms with E-state index in [-0.39, 0.29) is 0 Å². The van der Waals surface area contributed by atoms with E-state index < -0.39 is 0 Å².